The van der Waals surface area contributed by atoms with Gasteiger partial charge in [0.15, 0.2) is 0 Å². The van der Waals surface area contributed by atoms with E-state index in [-0.39, 0.29) is 12.5 Å². The average Bonchev–Trinajstić information content (AvgIpc) is 2.28. The van der Waals surface area contributed by atoms with E-state index in [1.165, 1.54) is 0 Å². The molecule has 5 nitrogen and oxygen atoms in total. The molecule has 0 saturated heterocycles. The zero-order chi connectivity index (χ0) is 13.7. The van der Waals surface area contributed by atoms with Crippen LogP contribution < -0.4 is 10.5 Å². The number of methoxy groups -OCH3 is 1. The van der Waals surface area contributed by atoms with E-state index in [0.29, 0.717) is 0 Å². The van der Waals surface area contributed by atoms with Crippen LogP contribution in [0.1, 0.15) is 18.0 Å². The molecule has 3 N–H and O–H groups in total. The fourth-order valence-electron chi connectivity index (χ4n) is 2.12. The number of likely N-dealkylation sites (N-methyl/N-ethyl adjacent to an activating group) is 1. The van der Waals surface area contributed by atoms with E-state index in [1.54, 1.807) is 7.11 Å². The standard InChI is InChI=1S/C13H20N2O3/c1-15(2)13(10(14)8-12(16)17)9-6-4-5-7-11(9)18-3/h4-7,10,13H,8,14H2,1-3H3,(H,16,17). The van der Waals surface area contributed by atoms with E-state index < -0.39 is 12.0 Å². The van der Waals surface area contributed by atoms with Crippen molar-refractivity contribution in [3.63, 3.8) is 0 Å². The Hall–Kier alpha value is -1.59. The first kappa shape index (κ1) is 14.5. The topological polar surface area (TPSA) is 75.8 Å². The first-order valence-electron chi connectivity index (χ1n) is 5.74. The van der Waals surface area contributed by atoms with Crippen molar-refractivity contribution >= 4 is 5.97 Å². The minimum atomic E-state index is -0.899. The second-order valence-electron chi connectivity index (χ2n) is 4.41. The third-order valence-electron chi connectivity index (χ3n) is 2.83. The summed E-state index contributed by atoms with van der Waals surface area (Å²) in [4.78, 5) is 12.7. The van der Waals surface area contributed by atoms with Gasteiger partial charge in [0.05, 0.1) is 19.6 Å². The van der Waals surface area contributed by atoms with Gasteiger partial charge in [0.2, 0.25) is 0 Å². The summed E-state index contributed by atoms with van der Waals surface area (Å²) < 4.78 is 5.30. The smallest absolute Gasteiger partial charge is 0.304 e. The Labute approximate surface area is 107 Å². The van der Waals surface area contributed by atoms with Crippen LogP contribution in [0.2, 0.25) is 0 Å². The summed E-state index contributed by atoms with van der Waals surface area (Å²) in [6.45, 7) is 0. The highest BCUT2D eigenvalue weighted by molar-refractivity contribution is 5.67. The highest BCUT2D eigenvalue weighted by Gasteiger charge is 2.26. The van der Waals surface area contributed by atoms with Crippen LogP contribution in [0.5, 0.6) is 5.75 Å². The van der Waals surface area contributed by atoms with E-state index >= 15 is 0 Å². The molecule has 18 heavy (non-hydrogen) atoms. The summed E-state index contributed by atoms with van der Waals surface area (Å²) in [5, 5.41) is 8.86. The lowest BCUT2D eigenvalue weighted by Crippen LogP contribution is -2.39. The average molecular weight is 252 g/mol. The molecule has 0 aliphatic rings. The first-order valence-corrected chi connectivity index (χ1v) is 5.74. The summed E-state index contributed by atoms with van der Waals surface area (Å²) >= 11 is 0. The molecule has 0 bridgehead atoms. The molecule has 5 heteroatoms. The number of rotatable bonds is 6. The molecule has 0 saturated carbocycles. The van der Waals surface area contributed by atoms with Crippen molar-refractivity contribution in [3.8, 4) is 5.75 Å². The minimum absolute atomic E-state index is 0.0824. The number of carboxylic acids is 1. The predicted molar refractivity (Wildman–Crippen MR) is 69.7 cm³/mol. The number of nitrogens with two attached hydrogens (primary N) is 1. The lowest BCUT2D eigenvalue weighted by Gasteiger charge is -2.30. The number of benzene rings is 1. The normalized spacial score (nSPS) is 14.3. The van der Waals surface area contributed by atoms with Crippen molar-refractivity contribution in [2.24, 2.45) is 5.73 Å². The Morgan fingerprint density at radius 1 is 1.44 bits per heavy atom. The number of hydrogen-bond donors (Lipinski definition) is 2. The minimum Gasteiger partial charge on any atom is -0.496 e. The molecule has 0 aliphatic carbocycles. The Bertz CT molecular complexity index is 407. The molecule has 0 amide bonds. The van der Waals surface area contributed by atoms with Gasteiger partial charge >= 0.3 is 5.97 Å². The second kappa shape index (κ2) is 6.37. The summed E-state index contributed by atoms with van der Waals surface area (Å²) in [5.74, 6) is -0.179. The number of nitrogens with zero attached hydrogens (tertiary/aromatic N) is 1. The van der Waals surface area contributed by atoms with Gasteiger partial charge in [0.25, 0.3) is 0 Å². The van der Waals surface area contributed by atoms with Gasteiger partial charge in [0, 0.05) is 11.6 Å². The van der Waals surface area contributed by atoms with Crippen molar-refractivity contribution < 1.29 is 14.6 Å². The van der Waals surface area contributed by atoms with Crippen LogP contribution in [0.4, 0.5) is 0 Å². The van der Waals surface area contributed by atoms with Gasteiger partial charge in [-0.1, -0.05) is 18.2 Å². The van der Waals surface area contributed by atoms with Gasteiger partial charge in [0.1, 0.15) is 5.75 Å². The van der Waals surface area contributed by atoms with Crippen LogP contribution in [0.15, 0.2) is 24.3 Å². The molecule has 0 aromatic heterocycles. The van der Waals surface area contributed by atoms with Gasteiger partial charge in [-0.15, -0.1) is 0 Å². The third kappa shape index (κ3) is 3.45. The van der Waals surface area contributed by atoms with E-state index in [0.717, 1.165) is 11.3 Å². The fourth-order valence-corrected chi connectivity index (χ4v) is 2.12. The maximum Gasteiger partial charge on any atom is 0.304 e. The van der Waals surface area contributed by atoms with Crippen LogP contribution in [0, 0.1) is 0 Å². The van der Waals surface area contributed by atoms with Crippen LogP contribution in [-0.2, 0) is 4.79 Å². The van der Waals surface area contributed by atoms with Crippen molar-refractivity contribution in [3.05, 3.63) is 29.8 Å². The number of ether oxygens (including phenoxy) is 1. The molecule has 2 unspecified atom stereocenters. The van der Waals surface area contributed by atoms with Crippen molar-refractivity contribution in [1.29, 1.82) is 0 Å². The van der Waals surface area contributed by atoms with Crippen LogP contribution >= 0.6 is 0 Å². The highest BCUT2D eigenvalue weighted by atomic mass is 16.5. The molecule has 0 spiro atoms. The second-order valence-corrected chi connectivity index (χ2v) is 4.41. The zero-order valence-corrected chi connectivity index (χ0v) is 11.0. The Morgan fingerprint density at radius 3 is 2.56 bits per heavy atom. The van der Waals surface area contributed by atoms with E-state index in [4.69, 9.17) is 15.6 Å². The maximum absolute atomic E-state index is 10.8. The molecule has 1 rings (SSSR count). The number of carbonyl (C=O) groups is 1. The number of aliphatic carboxylic acids is 1. The molecule has 100 valence electrons. The van der Waals surface area contributed by atoms with Gasteiger partial charge < -0.3 is 20.5 Å². The third-order valence-corrected chi connectivity index (χ3v) is 2.83. The Kier molecular flexibility index (Phi) is 5.12. The largest absolute Gasteiger partial charge is 0.496 e. The molecular weight excluding hydrogens is 232 g/mol. The number of para-hydroxylation sites is 1. The highest BCUT2D eigenvalue weighted by Crippen LogP contribution is 2.30. The number of carboxylic acid groups (broad SMARTS) is 1. The Balaban J connectivity index is 3.07. The van der Waals surface area contributed by atoms with Crippen molar-refractivity contribution in [2.45, 2.75) is 18.5 Å². The van der Waals surface area contributed by atoms with Crippen molar-refractivity contribution in [2.75, 3.05) is 21.2 Å². The van der Waals surface area contributed by atoms with Crippen LogP contribution in [0.25, 0.3) is 0 Å². The summed E-state index contributed by atoms with van der Waals surface area (Å²) in [6.07, 6.45) is -0.0824. The van der Waals surface area contributed by atoms with Crippen LogP contribution in [-0.4, -0.2) is 43.2 Å². The lowest BCUT2D eigenvalue weighted by atomic mass is 9.95. The summed E-state index contributed by atoms with van der Waals surface area (Å²) in [6, 6.07) is 6.83. The number of hydrogen-bond acceptors (Lipinski definition) is 4. The molecule has 0 radical (unpaired) electrons. The lowest BCUT2D eigenvalue weighted by molar-refractivity contribution is -0.137. The molecule has 1 aromatic carbocycles. The SMILES string of the molecule is COc1ccccc1C(C(N)CC(=O)O)N(C)C. The van der Waals surface area contributed by atoms with E-state index in [2.05, 4.69) is 0 Å². The van der Waals surface area contributed by atoms with Gasteiger partial charge in [-0.2, -0.15) is 0 Å². The van der Waals surface area contributed by atoms with E-state index in [9.17, 15) is 4.79 Å². The molecule has 0 heterocycles. The van der Waals surface area contributed by atoms with E-state index in [1.807, 2.05) is 43.3 Å². The molecule has 0 fully saturated rings. The monoisotopic (exact) mass is 252 g/mol. The summed E-state index contributed by atoms with van der Waals surface area (Å²) in [5.41, 5.74) is 6.90. The molecule has 0 aliphatic heterocycles. The summed E-state index contributed by atoms with van der Waals surface area (Å²) in [7, 11) is 5.34. The Morgan fingerprint density at radius 2 is 2.06 bits per heavy atom. The quantitative estimate of drug-likeness (QED) is 0.793. The van der Waals surface area contributed by atoms with Gasteiger partial charge in [-0.05, 0) is 20.2 Å². The maximum atomic E-state index is 10.8. The van der Waals surface area contributed by atoms with Gasteiger partial charge in [-0.25, -0.2) is 0 Å². The predicted octanol–water partition coefficient (Wildman–Crippen LogP) is 1.10. The molecule has 1 aromatic rings. The zero-order valence-electron chi connectivity index (χ0n) is 11.0. The molecular formula is C13H20N2O3. The fraction of sp³-hybridized carbons (Fsp3) is 0.462. The van der Waals surface area contributed by atoms with Crippen LogP contribution in [0.3, 0.4) is 0 Å². The van der Waals surface area contributed by atoms with Crippen molar-refractivity contribution in [1.82, 2.24) is 4.90 Å². The van der Waals surface area contributed by atoms with Gasteiger partial charge in [-0.3, -0.25) is 4.79 Å². The molecule has 2 atom stereocenters. The first-order chi connectivity index (χ1) is 8.47.